The summed E-state index contributed by atoms with van der Waals surface area (Å²) < 4.78 is 0. The molecule has 2 rings (SSSR count). The van der Waals surface area contributed by atoms with Gasteiger partial charge in [0.15, 0.2) is 0 Å². The van der Waals surface area contributed by atoms with Crippen LogP contribution in [-0.4, -0.2) is 7.05 Å². The highest BCUT2D eigenvalue weighted by molar-refractivity contribution is 6.31. The van der Waals surface area contributed by atoms with E-state index in [2.05, 4.69) is 68.6 Å². The maximum absolute atomic E-state index is 6.44. The first-order chi connectivity index (χ1) is 10.0. The maximum atomic E-state index is 6.44. The molecule has 2 aromatic carbocycles. The summed E-state index contributed by atoms with van der Waals surface area (Å²) in [4.78, 5) is 0. The molecule has 1 atom stereocenters. The lowest BCUT2D eigenvalue weighted by atomic mass is 9.97. The summed E-state index contributed by atoms with van der Waals surface area (Å²) in [6.45, 7) is 6.61. The third kappa shape index (κ3) is 4.09. The van der Waals surface area contributed by atoms with Gasteiger partial charge in [-0.05, 0) is 54.6 Å². The van der Waals surface area contributed by atoms with Gasteiger partial charge in [-0.2, -0.15) is 0 Å². The Morgan fingerprint density at radius 2 is 1.71 bits per heavy atom. The molecule has 0 spiro atoms. The van der Waals surface area contributed by atoms with Gasteiger partial charge < -0.3 is 5.32 Å². The van der Waals surface area contributed by atoms with Crippen LogP contribution in [-0.2, 0) is 6.42 Å². The molecule has 0 saturated heterocycles. The van der Waals surface area contributed by atoms with Crippen LogP contribution < -0.4 is 5.32 Å². The molecule has 0 heterocycles. The van der Waals surface area contributed by atoms with Crippen molar-refractivity contribution in [3.05, 3.63) is 58.6 Å². The summed E-state index contributed by atoms with van der Waals surface area (Å²) in [6, 6.07) is 15.4. The van der Waals surface area contributed by atoms with Crippen LogP contribution in [0, 0.1) is 5.92 Å². The second kappa shape index (κ2) is 7.11. The summed E-state index contributed by atoms with van der Waals surface area (Å²) in [5.74, 6) is 0.669. The van der Waals surface area contributed by atoms with Crippen LogP contribution in [0.15, 0.2) is 42.5 Å². The standard InChI is InChI=1S/C19H24ClN/c1-13(2)10-15-6-5-7-16(11-15)17-8-9-18(14(3)21-4)19(20)12-17/h5-9,11-14,21H,10H2,1-4H3. The van der Waals surface area contributed by atoms with E-state index >= 15 is 0 Å². The predicted molar refractivity (Wildman–Crippen MR) is 92.9 cm³/mol. The predicted octanol–water partition coefficient (Wildman–Crippen LogP) is 5.49. The van der Waals surface area contributed by atoms with Crippen molar-refractivity contribution >= 4 is 11.6 Å². The minimum Gasteiger partial charge on any atom is -0.313 e. The maximum Gasteiger partial charge on any atom is 0.0459 e. The number of benzene rings is 2. The summed E-state index contributed by atoms with van der Waals surface area (Å²) in [7, 11) is 1.95. The van der Waals surface area contributed by atoms with E-state index < -0.39 is 0 Å². The summed E-state index contributed by atoms with van der Waals surface area (Å²) in [6.07, 6.45) is 1.11. The highest BCUT2D eigenvalue weighted by Crippen LogP contribution is 2.29. The molecule has 0 fully saturated rings. The molecule has 0 bridgehead atoms. The number of hydrogen-bond donors (Lipinski definition) is 1. The molecular weight excluding hydrogens is 278 g/mol. The molecule has 0 amide bonds. The van der Waals surface area contributed by atoms with Crippen LogP contribution in [0.2, 0.25) is 5.02 Å². The number of nitrogens with one attached hydrogen (secondary N) is 1. The molecule has 1 unspecified atom stereocenters. The van der Waals surface area contributed by atoms with Crippen molar-refractivity contribution in [1.82, 2.24) is 5.32 Å². The fourth-order valence-electron chi connectivity index (χ4n) is 2.56. The molecule has 2 aromatic rings. The van der Waals surface area contributed by atoms with Gasteiger partial charge in [0, 0.05) is 11.1 Å². The lowest BCUT2D eigenvalue weighted by Crippen LogP contribution is -2.12. The van der Waals surface area contributed by atoms with E-state index in [0.717, 1.165) is 17.0 Å². The molecule has 1 N–H and O–H groups in total. The molecule has 0 aliphatic carbocycles. The fraction of sp³-hybridized carbons (Fsp3) is 0.368. The van der Waals surface area contributed by atoms with E-state index in [4.69, 9.17) is 11.6 Å². The van der Waals surface area contributed by atoms with E-state index in [0.29, 0.717) is 5.92 Å². The third-order valence-electron chi connectivity index (χ3n) is 3.80. The molecule has 2 heteroatoms. The smallest absolute Gasteiger partial charge is 0.0459 e. The molecule has 112 valence electrons. The molecule has 0 aliphatic rings. The number of rotatable bonds is 5. The van der Waals surface area contributed by atoms with Crippen LogP contribution >= 0.6 is 11.6 Å². The lowest BCUT2D eigenvalue weighted by molar-refractivity contribution is 0.647. The molecule has 0 aromatic heterocycles. The topological polar surface area (TPSA) is 12.0 Å². The third-order valence-corrected chi connectivity index (χ3v) is 4.13. The van der Waals surface area contributed by atoms with Crippen molar-refractivity contribution in [2.45, 2.75) is 33.2 Å². The first-order valence-corrected chi connectivity index (χ1v) is 7.95. The van der Waals surface area contributed by atoms with Crippen molar-refractivity contribution < 1.29 is 0 Å². The summed E-state index contributed by atoms with van der Waals surface area (Å²) in [5, 5.41) is 4.05. The van der Waals surface area contributed by atoms with E-state index in [9.17, 15) is 0 Å². The highest BCUT2D eigenvalue weighted by atomic mass is 35.5. The van der Waals surface area contributed by atoms with Gasteiger partial charge in [0.1, 0.15) is 0 Å². The van der Waals surface area contributed by atoms with Crippen LogP contribution in [0.5, 0.6) is 0 Å². The Hall–Kier alpha value is -1.31. The van der Waals surface area contributed by atoms with E-state index in [-0.39, 0.29) is 6.04 Å². The van der Waals surface area contributed by atoms with Gasteiger partial charge in [-0.15, -0.1) is 0 Å². The zero-order valence-corrected chi connectivity index (χ0v) is 14.0. The van der Waals surface area contributed by atoms with Crippen LogP contribution in [0.3, 0.4) is 0 Å². The van der Waals surface area contributed by atoms with Crippen LogP contribution in [0.25, 0.3) is 11.1 Å². The van der Waals surface area contributed by atoms with Crippen LogP contribution in [0.1, 0.15) is 37.9 Å². The molecular formula is C19H24ClN. The minimum atomic E-state index is 0.263. The van der Waals surface area contributed by atoms with E-state index in [1.54, 1.807) is 0 Å². The largest absolute Gasteiger partial charge is 0.313 e. The monoisotopic (exact) mass is 301 g/mol. The first-order valence-electron chi connectivity index (χ1n) is 7.57. The molecule has 0 aliphatic heterocycles. The van der Waals surface area contributed by atoms with Crippen LogP contribution in [0.4, 0.5) is 0 Å². The Morgan fingerprint density at radius 3 is 2.33 bits per heavy atom. The molecule has 21 heavy (non-hydrogen) atoms. The first kappa shape index (κ1) is 16.1. The quantitative estimate of drug-likeness (QED) is 0.770. The fourth-order valence-corrected chi connectivity index (χ4v) is 2.91. The van der Waals surface area contributed by atoms with E-state index in [1.165, 1.54) is 16.7 Å². The minimum absolute atomic E-state index is 0.263. The van der Waals surface area contributed by atoms with Gasteiger partial charge in [0.2, 0.25) is 0 Å². The van der Waals surface area contributed by atoms with Gasteiger partial charge >= 0.3 is 0 Å². The Kier molecular flexibility index (Phi) is 5.44. The second-order valence-corrected chi connectivity index (χ2v) is 6.45. The van der Waals surface area contributed by atoms with Gasteiger partial charge in [-0.25, -0.2) is 0 Å². The average molecular weight is 302 g/mol. The Morgan fingerprint density at radius 1 is 1.00 bits per heavy atom. The van der Waals surface area contributed by atoms with Gasteiger partial charge in [0.05, 0.1) is 0 Å². The Balaban J connectivity index is 2.32. The van der Waals surface area contributed by atoms with Crippen molar-refractivity contribution in [3.63, 3.8) is 0 Å². The Labute approximate surface area is 133 Å². The summed E-state index contributed by atoms with van der Waals surface area (Å²) >= 11 is 6.44. The van der Waals surface area contributed by atoms with Crippen molar-refractivity contribution in [2.75, 3.05) is 7.05 Å². The van der Waals surface area contributed by atoms with Gasteiger partial charge in [-0.3, -0.25) is 0 Å². The molecule has 1 nitrogen and oxygen atoms in total. The van der Waals surface area contributed by atoms with Crippen molar-refractivity contribution in [1.29, 1.82) is 0 Å². The van der Waals surface area contributed by atoms with Gasteiger partial charge in [-0.1, -0.05) is 61.8 Å². The highest BCUT2D eigenvalue weighted by Gasteiger charge is 2.09. The molecule has 0 saturated carbocycles. The summed E-state index contributed by atoms with van der Waals surface area (Å²) in [5.41, 5.74) is 4.93. The normalized spacial score (nSPS) is 12.7. The molecule has 0 radical (unpaired) electrons. The Bertz CT molecular complexity index is 604. The second-order valence-electron chi connectivity index (χ2n) is 6.05. The number of halogens is 1. The van der Waals surface area contributed by atoms with E-state index in [1.807, 2.05) is 7.05 Å². The lowest BCUT2D eigenvalue weighted by Gasteiger charge is -2.14. The van der Waals surface area contributed by atoms with Crippen molar-refractivity contribution in [3.8, 4) is 11.1 Å². The number of hydrogen-bond acceptors (Lipinski definition) is 1. The van der Waals surface area contributed by atoms with Crippen molar-refractivity contribution in [2.24, 2.45) is 5.92 Å². The zero-order chi connectivity index (χ0) is 15.4. The zero-order valence-electron chi connectivity index (χ0n) is 13.3. The SMILES string of the molecule is CNC(C)c1ccc(-c2cccc(CC(C)C)c2)cc1Cl. The average Bonchev–Trinajstić information content (AvgIpc) is 2.46. The van der Waals surface area contributed by atoms with Gasteiger partial charge in [0.25, 0.3) is 0 Å².